The fourth-order valence-corrected chi connectivity index (χ4v) is 1.52. The zero-order chi connectivity index (χ0) is 14.7. The van der Waals surface area contributed by atoms with Gasteiger partial charge in [0.05, 0.1) is 19.3 Å². The molecule has 0 aliphatic heterocycles. The van der Waals surface area contributed by atoms with Crippen molar-refractivity contribution >= 4 is 5.91 Å². The van der Waals surface area contributed by atoms with Crippen LogP contribution in [0.1, 0.15) is 20.3 Å². The Morgan fingerprint density at radius 3 is 2.58 bits per heavy atom. The summed E-state index contributed by atoms with van der Waals surface area (Å²) in [5.41, 5.74) is 1.48. The highest BCUT2D eigenvalue weighted by molar-refractivity contribution is 5.97. The Morgan fingerprint density at radius 1 is 1.42 bits per heavy atom. The average molecular weight is 271 g/mol. The van der Waals surface area contributed by atoms with Crippen LogP contribution in [0.4, 0.5) is 0 Å². The number of carbonyl (C=O) groups excluding carboxylic acids is 1. The Labute approximate surface area is 115 Å². The fourth-order valence-electron chi connectivity index (χ4n) is 1.52. The van der Waals surface area contributed by atoms with E-state index in [1.165, 1.54) is 0 Å². The molecule has 0 radical (unpaired) electrons. The highest BCUT2D eigenvalue weighted by Gasteiger charge is 2.14. The van der Waals surface area contributed by atoms with Crippen molar-refractivity contribution in [2.24, 2.45) is 0 Å². The first-order valence-corrected chi connectivity index (χ1v) is 6.42. The lowest BCUT2D eigenvalue weighted by Crippen LogP contribution is -2.29. The normalized spacial score (nSPS) is 14.4. The molecule has 0 saturated heterocycles. The van der Waals surface area contributed by atoms with Crippen LogP contribution in [0, 0.1) is 0 Å². The van der Waals surface area contributed by atoms with Crippen molar-refractivity contribution in [3.05, 3.63) is 23.3 Å². The van der Waals surface area contributed by atoms with Gasteiger partial charge in [-0.2, -0.15) is 0 Å². The molecular formula is C14H25NO4. The summed E-state index contributed by atoms with van der Waals surface area (Å²) in [7, 11) is 3.20. The molecule has 0 spiro atoms. The molecule has 0 aromatic heterocycles. The van der Waals surface area contributed by atoms with Crippen LogP contribution in [-0.4, -0.2) is 51.1 Å². The first-order chi connectivity index (χ1) is 9.10. The van der Waals surface area contributed by atoms with E-state index in [1.807, 2.05) is 19.9 Å². The molecule has 0 saturated carbocycles. The Hall–Kier alpha value is -1.17. The number of hydrogen-bond donors (Lipinski definition) is 2. The topological polar surface area (TPSA) is 67.8 Å². The first-order valence-electron chi connectivity index (χ1n) is 6.42. The molecule has 1 amide bonds. The van der Waals surface area contributed by atoms with Gasteiger partial charge in [0.25, 0.3) is 5.91 Å². The van der Waals surface area contributed by atoms with E-state index in [2.05, 4.69) is 5.32 Å². The van der Waals surface area contributed by atoms with Gasteiger partial charge in [-0.1, -0.05) is 13.0 Å². The van der Waals surface area contributed by atoms with Crippen molar-refractivity contribution in [1.29, 1.82) is 0 Å². The minimum atomic E-state index is -0.206. The van der Waals surface area contributed by atoms with Crippen LogP contribution in [-0.2, 0) is 14.3 Å². The van der Waals surface area contributed by atoms with Gasteiger partial charge in [0.1, 0.15) is 0 Å². The van der Waals surface area contributed by atoms with Gasteiger partial charge in [0.2, 0.25) is 0 Å². The van der Waals surface area contributed by atoms with Gasteiger partial charge in [0.15, 0.2) is 0 Å². The molecule has 1 unspecified atom stereocenters. The van der Waals surface area contributed by atoms with Gasteiger partial charge in [-0.15, -0.1) is 0 Å². The van der Waals surface area contributed by atoms with Crippen LogP contribution < -0.4 is 5.32 Å². The molecule has 0 aromatic carbocycles. The molecule has 0 aliphatic carbocycles. The molecule has 0 fully saturated rings. The molecule has 2 N–H and O–H groups in total. The van der Waals surface area contributed by atoms with Crippen LogP contribution in [0.5, 0.6) is 0 Å². The predicted octanol–water partition coefficient (Wildman–Crippen LogP) is 1.04. The Bertz CT molecular complexity index is 323. The van der Waals surface area contributed by atoms with Gasteiger partial charge in [-0.05, 0) is 25.0 Å². The van der Waals surface area contributed by atoms with Gasteiger partial charge in [-0.25, -0.2) is 0 Å². The maximum Gasteiger partial charge on any atom is 0.251 e. The quantitative estimate of drug-likeness (QED) is 0.486. The van der Waals surface area contributed by atoms with Gasteiger partial charge in [-0.3, -0.25) is 4.79 Å². The highest BCUT2D eigenvalue weighted by Crippen LogP contribution is 2.16. The maximum atomic E-state index is 12.1. The van der Waals surface area contributed by atoms with Gasteiger partial charge < -0.3 is 19.9 Å². The standard InChI is InChI=1S/C14H25NO4/c1-5-12(6-9-18-3)13(10-11(2)19-4)14(17)15-7-8-16/h6,10-11,16H,5,7-9H2,1-4H3,(H,15,17). The second kappa shape index (κ2) is 10.7. The Morgan fingerprint density at radius 2 is 2.11 bits per heavy atom. The van der Waals surface area contributed by atoms with Crippen LogP contribution >= 0.6 is 0 Å². The summed E-state index contributed by atoms with van der Waals surface area (Å²) in [6.07, 6.45) is 4.22. The van der Waals surface area contributed by atoms with E-state index < -0.39 is 0 Å². The van der Waals surface area contributed by atoms with E-state index in [1.54, 1.807) is 20.3 Å². The van der Waals surface area contributed by atoms with E-state index >= 15 is 0 Å². The van der Waals surface area contributed by atoms with Crippen molar-refractivity contribution < 1.29 is 19.4 Å². The SMILES string of the molecule is CCC(=CCOC)C(=CC(C)OC)C(=O)NCCO. The van der Waals surface area contributed by atoms with Crippen LogP contribution in [0.3, 0.4) is 0 Å². The lowest BCUT2D eigenvalue weighted by Gasteiger charge is -2.13. The highest BCUT2D eigenvalue weighted by atomic mass is 16.5. The summed E-state index contributed by atoms with van der Waals surface area (Å²) < 4.78 is 10.2. The van der Waals surface area contributed by atoms with Crippen LogP contribution in [0.25, 0.3) is 0 Å². The summed E-state index contributed by atoms with van der Waals surface area (Å²) in [4.78, 5) is 12.1. The second-order valence-corrected chi connectivity index (χ2v) is 4.04. The number of methoxy groups -OCH3 is 2. The van der Waals surface area contributed by atoms with E-state index in [9.17, 15) is 4.79 Å². The van der Waals surface area contributed by atoms with E-state index in [0.717, 1.165) is 12.0 Å². The molecule has 5 heteroatoms. The van der Waals surface area contributed by atoms with Crippen molar-refractivity contribution in [2.75, 3.05) is 34.0 Å². The molecule has 110 valence electrons. The van der Waals surface area contributed by atoms with E-state index in [0.29, 0.717) is 12.2 Å². The third-order valence-electron chi connectivity index (χ3n) is 2.64. The molecule has 19 heavy (non-hydrogen) atoms. The summed E-state index contributed by atoms with van der Waals surface area (Å²) in [5, 5.41) is 11.4. The molecule has 1 atom stereocenters. The summed E-state index contributed by atoms with van der Waals surface area (Å²) >= 11 is 0. The van der Waals surface area contributed by atoms with Crippen molar-refractivity contribution in [3.8, 4) is 0 Å². The smallest absolute Gasteiger partial charge is 0.251 e. The van der Waals surface area contributed by atoms with Gasteiger partial charge in [0, 0.05) is 26.3 Å². The number of nitrogens with one attached hydrogen (secondary N) is 1. The summed E-state index contributed by atoms with van der Waals surface area (Å²) in [5.74, 6) is -0.206. The molecule has 0 bridgehead atoms. The minimum Gasteiger partial charge on any atom is -0.395 e. The number of aliphatic hydroxyl groups excluding tert-OH is 1. The molecule has 0 rings (SSSR count). The molecule has 0 heterocycles. The monoisotopic (exact) mass is 271 g/mol. The van der Waals surface area contributed by atoms with Crippen molar-refractivity contribution in [1.82, 2.24) is 5.32 Å². The zero-order valence-electron chi connectivity index (χ0n) is 12.2. The number of aliphatic hydroxyl groups is 1. The fraction of sp³-hybridized carbons (Fsp3) is 0.643. The number of hydrogen-bond acceptors (Lipinski definition) is 4. The van der Waals surface area contributed by atoms with E-state index in [-0.39, 0.29) is 25.2 Å². The van der Waals surface area contributed by atoms with E-state index in [4.69, 9.17) is 14.6 Å². The maximum absolute atomic E-state index is 12.1. The third kappa shape index (κ3) is 7.10. The zero-order valence-corrected chi connectivity index (χ0v) is 12.2. The second-order valence-electron chi connectivity index (χ2n) is 4.04. The average Bonchev–Trinajstić information content (AvgIpc) is 2.43. The first kappa shape index (κ1) is 17.8. The van der Waals surface area contributed by atoms with Crippen LogP contribution in [0.2, 0.25) is 0 Å². The van der Waals surface area contributed by atoms with Crippen LogP contribution in [0.15, 0.2) is 23.3 Å². The predicted molar refractivity (Wildman–Crippen MR) is 74.9 cm³/mol. The Kier molecular flexibility index (Phi) is 10.1. The number of ether oxygens (including phenoxy) is 2. The van der Waals surface area contributed by atoms with Gasteiger partial charge >= 0.3 is 0 Å². The lowest BCUT2D eigenvalue weighted by molar-refractivity contribution is -0.117. The number of rotatable bonds is 9. The Balaban J connectivity index is 5.13. The lowest BCUT2D eigenvalue weighted by atomic mass is 10.0. The molecule has 0 aromatic rings. The molecular weight excluding hydrogens is 246 g/mol. The number of carbonyl (C=O) groups is 1. The van der Waals surface area contributed by atoms with Crippen molar-refractivity contribution in [2.45, 2.75) is 26.4 Å². The minimum absolute atomic E-state index is 0.0813. The summed E-state index contributed by atoms with van der Waals surface area (Å²) in [6.45, 7) is 4.45. The molecule has 5 nitrogen and oxygen atoms in total. The van der Waals surface area contributed by atoms with Crippen molar-refractivity contribution in [3.63, 3.8) is 0 Å². The molecule has 0 aliphatic rings. The largest absolute Gasteiger partial charge is 0.395 e. The number of amides is 1. The summed E-state index contributed by atoms with van der Waals surface area (Å²) in [6, 6.07) is 0. The third-order valence-corrected chi connectivity index (χ3v) is 2.64.